The van der Waals surface area contributed by atoms with E-state index >= 15 is 0 Å². The minimum atomic E-state index is -0.981. The standard InChI is InChI=1S/C19H19ClN2O6/c1-12-3-6-17(13(2)9-12)27-8-7-21-18(23)11-28-19(24)15-5-4-14(20)10-16(15)22(25)26/h3-6,9-10H,7-8,11H2,1-2H3,(H,21,23). The zero-order valence-corrected chi connectivity index (χ0v) is 16.1. The predicted octanol–water partition coefficient (Wildman–Crippen LogP) is 3.22. The maximum atomic E-state index is 12.0. The number of aryl methyl sites for hydroxylation is 2. The van der Waals surface area contributed by atoms with Crippen LogP contribution in [0.15, 0.2) is 36.4 Å². The van der Waals surface area contributed by atoms with Gasteiger partial charge in [-0.2, -0.15) is 0 Å². The Morgan fingerprint density at radius 1 is 1.18 bits per heavy atom. The quantitative estimate of drug-likeness (QED) is 0.312. The third kappa shape index (κ3) is 5.95. The predicted molar refractivity (Wildman–Crippen MR) is 103 cm³/mol. The van der Waals surface area contributed by atoms with Crippen LogP contribution < -0.4 is 10.1 Å². The number of nitro groups is 1. The minimum absolute atomic E-state index is 0.116. The maximum Gasteiger partial charge on any atom is 0.345 e. The van der Waals surface area contributed by atoms with Crippen LogP contribution in [0.25, 0.3) is 0 Å². The van der Waals surface area contributed by atoms with Gasteiger partial charge >= 0.3 is 5.97 Å². The fourth-order valence-corrected chi connectivity index (χ4v) is 2.57. The van der Waals surface area contributed by atoms with Crippen molar-refractivity contribution in [2.45, 2.75) is 13.8 Å². The van der Waals surface area contributed by atoms with Gasteiger partial charge in [0, 0.05) is 11.1 Å². The lowest BCUT2D eigenvalue weighted by Gasteiger charge is -2.11. The van der Waals surface area contributed by atoms with Crippen molar-refractivity contribution >= 4 is 29.2 Å². The summed E-state index contributed by atoms with van der Waals surface area (Å²) < 4.78 is 10.4. The molecule has 0 aliphatic heterocycles. The van der Waals surface area contributed by atoms with E-state index in [0.29, 0.717) is 0 Å². The summed E-state index contributed by atoms with van der Waals surface area (Å²) in [6, 6.07) is 9.32. The van der Waals surface area contributed by atoms with Crippen LogP contribution in [0.5, 0.6) is 5.75 Å². The van der Waals surface area contributed by atoms with Crippen molar-refractivity contribution in [2.24, 2.45) is 0 Å². The Bertz CT molecular complexity index is 900. The van der Waals surface area contributed by atoms with Crippen molar-refractivity contribution in [3.63, 3.8) is 0 Å². The molecule has 0 saturated carbocycles. The second-order valence-corrected chi connectivity index (χ2v) is 6.40. The molecule has 0 atom stereocenters. The highest BCUT2D eigenvalue weighted by molar-refractivity contribution is 6.31. The molecule has 2 aromatic carbocycles. The van der Waals surface area contributed by atoms with E-state index in [2.05, 4.69) is 5.32 Å². The summed E-state index contributed by atoms with van der Waals surface area (Å²) in [5, 5.41) is 13.7. The largest absolute Gasteiger partial charge is 0.491 e. The molecule has 0 spiro atoms. The summed E-state index contributed by atoms with van der Waals surface area (Å²) >= 11 is 5.69. The van der Waals surface area contributed by atoms with Crippen LogP contribution in [0.3, 0.4) is 0 Å². The molecule has 2 aromatic rings. The van der Waals surface area contributed by atoms with Crippen LogP contribution in [0.4, 0.5) is 5.69 Å². The van der Waals surface area contributed by atoms with Crippen molar-refractivity contribution in [3.8, 4) is 5.75 Å². The highest BCUT2D eigenvalue weighted by atomic mass is 35.5. The van der Waals surface area contributed by atoms with E-state index in [9.17, 15) is 19.7 Å². The van der Waals surface area contributed by atoms with Gasteiger partial charge in [-0.3, -0.25) is 14.9 Å². The minimum Gasteiger partial charge on any atom is -0.491 e. The Labute approximate surface area is 166 Å². The molecular formula is C19H19ClN2O6. The summed E-state index contributed by atoms with van der Waals surface area (Å²) in [5.41, 5.74) is 1.35. The van der Waals surface area contributed by atoms with Crippen molar-refractivity contribution in [2.75, 3.05) is 19.8 Å². The first-order chi connectivity index (χ1) is 13.3. The number of hydrogen-bond donors (Lipinski definition) is 1. The van der Waals surface area contributed by atoms with Gasteiger partial charge < -0.3 is 14.8 Å². The molecule has 0 aliphatic carbocycles. The number of amides is 1. The third-order valence-corrected chi connectivity index (χ3v) is 3.96. The average molecular weight is 407 g/mol. The number of rotatable bonds is 8. The van der Waals surface area contributed by atoms with E-state index in [1.807, 2.05) is 32.0 Å². The fraction of sp³-hybridized carbons (Fsp3) is 0.263. The molecule has 0 saturated heterocycles. The Hall–Kier alpha value is -3.13. The summed E-state index contributed by atoms with van der Waals surface area (Å²) in [7, 11) is 0. The summed E-state index contributed by atoms with van der Waals surface area (Å²) in [6.07, 6.45) is 0. The van der Waals surface area contributed by atoms with Crippen molar-refractivity contribution < 1.29 is 24.0 Å². The van der Waals surface area contributed by atoms with E-state index in [1.54, 1.807) is 0 Å². The highest BCUT2D eigenvalue weighted by Crippen LogP contribution is 2.23. The van der Waals surface area contributed by atoms with E-state index < -0.39 is 29.1 Å². The van der Waals surface area contributed by atoms with E-state index in [4.69, 9.17) is 21.1 Å². The van der Waals surface area contributed by atoms with Crippen molar-refractivity contribution in [1.82, 2.24) is 5.32 Å². The van der Waals surface area contributed by atoms with E-state index in [-0.39, 0.29) is 23.7 Å². The number of nitrogens with one attached hydrogen (secondary N) is 1. The fourth-order valence-electron chi connectivity index (χ4n) is 2.40. The Morgan fingerprint density at radius 3 is 2.61 bits per heavy atom. The van der Waals surface area contributed by atoms with Crippen molar-refractivity contribution in [1.29, 1.82) is 0 Å². The maximum absolute atomic E-state index is 12.0. The first-order valence-electron chi connectivity index (χ1n) is 8.35. The number of hydrogen-bond acceptors (Lipinski definition) is 6. The Morgan fingerprint density at radius 2 is 1.93 bits per heavy atom. The topological polar surface area (TPSA) is 108 Å². The molecule has 2 rings (SSSR count). The Balaban J connectivity index is 1.78. The molecule has 1 N–H and O–H groups in total. The number of carbonyl (C=O) groups is 2. The van der Waals surface area contributed by atoms with Gasteiger partial charge in [-0.05, 0) is 37.6 Å². The van der Waals surface area contributed by atoms with Crippen LogP contribution in [0, 0.1) is 24.0 Å². The summed E-state index contributed by atoms with van der Waals surface area (Å²) in [6.45, 7) is 3.80. The van der Waals surface area contributed by atoms with Crippen LogP contribution in [0.2, 0.25) is 5.02 Å². The molecular weight excluding hydrogens is 388 g/mol. The van der Waals surface area contributed by atoms with Gasteiger partial charge in [-0.1, -0.05) is 29.3 Å². The molecule has 0 unspecified atom stereocenters. The van der Waals surface area contributed by atoms with Gasteiger partial charge in [0.05, 0.1) is 11.5 Å². The lowest BCUT2D eigenvalue weighted by Crippen LogP contribution is -2.32. The highest BCUT2D eigenvalue weighted by Gasteiger charge is 2.22. The van der Waals surface area contributed by atoms with Gasteiger partial charge in [-0.15, -0.1) is 0 Å². The third-order valence-electron chi connectivity index (χ3n) is 3.72. The van der Waals surface area contributed by atoms with Crippen LogP contribution in [-0.4, -0.2) is 36.6 Å². The molecule has 148 valence electrons. The van der Waals surface area contributed by atoms with Crippen LogP contribution >= 0.6 is 11.6 Å². The number of esters is 1. The van der Waals surface area contributed by atoms with Crippen molar-refractivity contribution in [3.05, 3.63) is 68.2 Å². The second kappa shape index (κ2) is 9.70. The van der Waals surface area contributed by atoms with Gasteiger partial charge in [0.1, 0.15) is 17.9 Å². The molecule has 0 radical (unpaired) electrons. The number of nitrogens with zero attached hydrogens (tertiary/aromatic N) is 1. The summed E-state index contributed by atoms with van der Waals surface area (Å²) in [5.74, 6) is -0.805. The lowest BCUT2D eigenvalue weighted by atomic mass is 10.1. The number of nitro benzene ring substituents is 1. The number of ether oxygens (including phenoxy) is 2. The van der Waals surface area contributed by atoms with Gasteiger partial charge in [-0.25, -0.2) is 4.79 Å². The van der Waals surface area contributed by atoms with E-state index in [0.717, 1.165) is 22.9 Å². The zero-order chi connectivity index (χ0) is 20.7. The second-order valence-electron chi connectivity index (χ2n) is 5.96. The molecule has 0 aliphatic rings. The molecule has 8 nitrogen and oxygen atoms in total. The smallest absolute Gasteiger partial charge is 0.345 e. The molecule has 0 bridgehead atoms. The first kappa shape index (κ1) is 21.2. The molecule has 1 amide bonds. The normalized spacial score (nSPS) is 10.2. The van der Waals surface area contributed by atoms with Gasteiger partial charge in [0.2, 0.25) is 0 Å². The molecule has 28 heavy (non-hydrogen) atoms. The number of carbonyl (C=O) groups excluding carboxylic acids is 2. The Kier molecular flexibility index (Phi) is 7.34. The van der Waals surface area contributed by atoms with Gasteiger partial charge in [0.15, 0.2) is 6.61 Å². The number of benzene rings is 2. The van der Waals surface area contributed by atoms with Gasteiger partial charge in [0.25, 0.3) is 11.6 Å². The molecule has 0 heterocycles. The molecule has 0 aromatic heterocycles. The monoisotopic (exact) mass is 406 g/mol. The zero-order valence-electron chi connectivity index (χ0n) is 15.4. The average Bonchev–Trinajstić information content (AvgIpc) is 2.64. The number of halogens is 1. The SMILES string of the molecule is Cc1ccc(OCCNC(=O)COC(=O)c2ccc(Cl)cc2[N+](=O)[O-])c(C)c1. The van der Waals surface area contributed by atoms with Crippen LogP contribution in [-0.2, 0) is 9.53 Å². The first-order valence-corrected chi connectivity index (χ1v) is 8.73. The van der Waals surface area contributed by atoms with E-state index in [1.165, 1.54) is 12.1 Å². The summed E-state index contributed by atoms with van der Waals surface area (Å²) in [4.78, 5) is 34.0. The lowest BCUT2D eigenvalue weighted by molar-refractivity contribution is -0.385. The van der Waals surface area contributed by atoms with Crippen LogP contribution in [0.1, 0.15) is 21.5 Å². The molecule has 9 heteroatoms. The molecule has 0 fully saturated rings.